The molecule has 0 bridgehead atoms. The first kappa shape index (κ1) is 27.5. The van der Waals surface area contributed by atoms with E-state index in [4.69, 9.17) is 19.9 Å². The summed E-state index contributed by atoms with van der Waals surface area (Å²) in [6.07, 6.45) is -3.59. The summed E-state index contributed by atoms with van der Waals surface area (Å²) in [6.45, 7) is 0.629. The maximum atomic E-state index is 13.6. The molecular weight excluding hydrogens is 514 g/mol. The normalized spacial score (nSPS) is 34.1. The number of Topliss-reactive ketones (excluding diaryl/α,β-unsaturated/α-hetero) is 3. The molecular formula is C27H29NO11. The predicted molar refractivity (Wildman–Crippen MR) is 131 cm³/mol. The Morgan fingerprint density at radius 1 is 1.23 bits per heavy atom. The van der Waals surface area contributed by atoms with Gasteiger partial charge in [-0.1, -0.05) is 0 Å². The third kappa shape index (κ3) is 4.28. The van der Waals surface area contributed by atoms with Gasteiger partial charge >= 0.3 is 0 Å². The molecule has 0 spiro atoms. The van der Waals surface area contributed by atoms with E-state index in [1.807, 2.05) is 0 Å². The number of ketones is 4. The molecule has 1 aromatic rings. The van der Waals surface area contributed by atoms with Crippen LogP contribution in [0, 0.1) is 0 Å². The van der Waals surface area contributed by atoms with Gasteiger partial charge in [-0.15, -0.1) is 0 Å². The lowest BCUT2D eigenvalue weighted by Crippen LogP contribution is -2.53. The average molecular weight is 544 g/mol. The maximum Gasteiger partial charge on any atom is 0.197 e. The van der Waals surface area contributed by atoms with E-state index in [1.54, 1.807) is 6.92 Å². The lowest BCUT2D eigenvalue weighted by atomic mass is 9.71. The molecule has 0 aromatic heterocycles. The Labute approximate surface area is 222 Å². The standard InChI is InChI=1S/C27H29NO11/c1-10-22(32)14(28)6-18(38-10)39-16-8-27(36,17(31)9-29)7-11-5-13-20(24(34)19(11)16)25(35)21-12(23(13)33)3-4-15(30)26(21)37-2/h3-5,10,14,16,18,22,26,29,32,34,36H,6-9,28H2,1-2H3/t10-,14-,16-,18-,22+,26?,27-/m0/s1. The fourth-order valence-corrected chi connectivity index (χ4v) is 5.86. The van der Waals surface area contributed by atoms with Crippen molar-refractivity contribution in [3.8, 4) is 5.75 Å². The number of allylic oxidation sites excluding steroid dienone is 2. The van der Waals surface area contributed by atoms with E-state index < -0.39 is 84.3 Å². The summed E-state index contributed by atoms with van der Waals surface area (Å²) in [7, 11) is 1.22. The smallest absolute Gasteiger partial charge is 0.197 e. The lowest BCUT2D eigenvalue weighted by Gasteiger charge is -2.42. The Bertz CT molecular complexity index is 1340. The Kier molecular flexibility index (Phi) is 6.92. The molecule has 4 aliphatic rings. The van der Waals surface area contributed by atoms with Crippen molar-refractivity contribution in [2.24, 2.45) is 5.73 Å². The van der Waals surface area contributed by atoms with Gasteiger partial charge in [0.25, 0.3) is 0 Å². The van der Waals surface area contributed by atoms with Crippen LogP contribution >= 0.6 is 0 Å². The van der Waals surface area contributed by atoms with Gasteiger partial charge in [0.2, 0.25) is 0 Å². The molecule has 12 heteroatoms. The summed E-state index contributed by atoms with van der Waals surface area (Å²) in [4.78, 5) is 52.0. The van der Waals surface area contributed by atoms with Gasteiger partial charge < -0.3 is 40.4 Å². The predicted octanol–water partition coefficient (Wildman–Crippen LogP) is -0.659. The summed E-state index contributed by atoms with van der Waals surface area (Å²) in [5, 5.41) is 42.3. The van der Waals surface area contributed by atoms with E-state index in [0.29, 0.717) is 0 Å². The summed E-state index contributed by atoms with van der Waals surface area (Å²) < 4.78 is 17.0. The first-order chi connectivity index (χ1) is 18.4. The molecule has 1 saturated heterocycles. The molecule has 12 nitrogen and oxygen atoms in total. The Balaban J connectivity index is 1.63. The number of methoxy groups -OCH3 is 1. The zero-order valence-electron chi connectivity index (χ0n) is 21.2. The van der Waals surface area contributed by atoms with Gasteiger partial charge in [0, 0.05) is 54.7 Å². The third-order valence-corrected chi connectivity index (χ3v) is 7.90. The monoisotopic (exact) mass is 543 g/mol. The second-order valence-corrected chi connectivity index (χ2v) is 10.3. The number of carbonyl (C=O) groups is 4. The summed E-state index contributed by atoms with van der Waals surface area (Å²) >= 11 is 0. The van der Waals surface area contributed by atoms with Crippen molar-refractivity contribution in [3.63, 3.8) is 0 Å². The number of ether oxygens (including phenoxy) is 3. The van der Waals surface area contributed by atoms with Crippen LogP contribution in [0.15, 0.2) is 29.4 Å². The molecule has 5 rings (SSSR count). The zero-order valence-corrected chi connectivity index (χ0v) is 21.2. The number of nitrogens with two attached hydrogens (primary N) is 1. The van der Waals surface area contributed by atoms with Crippen LogP contribution in [0.1, 0.15) is 57.7 Å². The number of benzene rings is 1. The molecule has 6 N–H and O–H groups in total. The highest BCUT2D eigenvalue weighted by molar-refractivity contribution is 6.32. The first-order valence-electron chi connectivity index (χ1n) is 12.5. The molecule has 1 unspecified atom stereocenters. The highest BCUT2D eigenvalue weighted by Gasteiger charge is 2.49. The number of hydrogen-bond acceptors (Lipinski definition) is 12. The number of rotatable bonds is 5. The Morgan fingerprint density at radius 3 is 2.59 bits per heavy atom. The van der Waals surface area contributed by atoms with Gasteiger partial charge in [-0.3, -0.25) is 19.2 Å². The molecule has 7 atom stereocenters. The van der Waals surface area contributed by atoms with Gasteiger partial charge in [0.05, 0.1) is 23.9 Å². The largest absolute Gasteiger partial charge is 0.507 e. The van der Waals surface area contributed by atoms with Crippen molar-refractivity contribution in [2.45, 2.75) is 68.5 Å². The van der Waals surface area contributed by atoms with E-state index in [9.17, 15) is 39.6 Å². The number of aromatic hydroxyl groups is 1. The number of fused-ring (bicyclic) bond motifs is 2. The van der Waals surface area contributed by atoms with Gasteiger partial charge in [-0.05, 0) is 30.7 Å². The van der Waals surface area contributed by atoms with Crippen molar-refractivity contribution < 1.29 is 53.8 Å². The van der Waals surface area contributed by atoms with Crippen LogP contribution in [-0.4, -0.2) is 93.5 Å². The fraction of sp³-hybridized carbons (Fsp3) is 0.481. The molecule has 1 heterocycles. The number of carbonyl (C=O) groups excluding carboxylic acids is 4. The minimum absolute atomic E-state index is 0.0487. The SMILES string of the molecule is COC1C(=O)C=CC2=C1C(=O)c1c(cc3c(c1O)[C@@H](O[C@H]1C[C@H](N)[C@H](O)[C@H](C)O1)C[C@](O)(C(=O)CO)C3)C2=O. The van der Waals surface area contributed by atoms with Crippen LogP contribution in [-0.2, 0) is 30.2 Å². The lowest BCUT2D eigenvalue weighted by molar-refractivity contribution is -0.247. The van der Waals surface area contributed by atoms with Crippen LogP contribution < -0.4 is 5.73 Å². The average Bonchev–Trinajstić information content (AvgIpc) is 2.89. The van der Waals surface area contributed by atoms with E-state index in [2.05, 4.69) is 0 Å². The molecule has 39 heavy (non-hydrogen) atoms. The van der Waals surface area contributed by atoms with E-state index in [1.165, 1.54) is 19.3 Å². The summed E-state index contributed by atoms with van der Waals surface area (Å²) in [5.41, 5.74) is 3.34. The number of phenols is 1. The van der Waals surface area contributed by atoms with Crippen LogP contribution in [0.25, 0.3) is 0 Å². The molecule has 1 aromatic carbocycles. The number of phenolic OH excluding ortho intramolecular Hbond substituents is 1. The molecule has 1 aliphatic heterocycles. The molecule has 0 radical (unpaired) electrons. The number of aliphatic hydroxyl groups is 3. The van der Waals surface area contributed by atoms with Crippen molar-refractivity contribution in [2.75, 3.05) is 13.7 Å². The zero-order chi connectivity index (χ0) is 28.4. The number of hydrogen-bond donors (Lipinski definition) is 5. The molecule has 0 saturated carbocycles. The van der Waals surface area contributed by atoms with E-state index in [-0.39, 0.29) is 46.2 Å². The second-order valence-electron chi connectivity index (χ2n) is 10.3. The summed E-state index contributed by atoms with van der Waals surface area (Å²) in [5.74, 6) is -3.45. The van der Waals surface area contributed by atoms with E-state index in [0.717, 1.165) is 6.08 Å². The number of aliphatic hydroxyl groups excluding tert-OH is 2. The summed E-state index contributed by atoms with van der Waals surface area (Å²) in [6, 6.07) is 0.607. The molecule has 208 valence electrons. The topological polar surface area (TPSA) is 203 Å². The van der Waals surface area contributed by atoms with E-state index >= 15 is 0 Å². The van der Waals surface area contributed by atoms with Crippen LogP contribution in [0.5, 0.6) is 5.75 Å². The van der Waals surface area contributed by atoms with Crippen molar-refractivity contribution in [1.29, 1.82) is 0 Å². The van der Waals surface area contributed by atoms with Gasteiger partial charge in [-0.25, -0.2) is 0 Å². The van der Waals surface area contributed by atoms with Crippen LogP contribution in [0.4, 0.5) is 0 Å². The van der Waals surface area contributed by atoms with Crippen LogP contribution in [0.3, 0.4) is 0 Å². The Hall–Kier alpha value is -3.10. The highest BCUT2D eigenvalue weighted by Crippen LogP contribution is 2.48. The quantitative estimate of drug-likeness (QED) is 0.314. The fourth-order valence-electron chi connectivity index (χ4n) is 5.86. The second kappa shape index (κ2) is 9.82. The van der Waals surface area contributed by atoms with Crippen molar-refractivity contribution >= 4 is 23.1 Å². The van der Waals surface area contributed by atoms with Gasteiger partial charge in [0.15, 0.2) is 29.4 Å². The first-order valence-corrected chi connectivity index (χ1v) is 12.5. The van der Waals surface area contributed by atoms with Crippen molar-refractivity contribution in [1.82, 2.24) is 0 Å². The van der Waals surface area contributed by atoms with Crippen LogP contribution in [0.2, 0.25) is 0 Å². The minimum atomic E-state index is -2.11. The third-order valence-electron chi connectivity index (χ3n) is 7.90. The highest BCUT2D eigenvalue weighted by atomic mass is 16.7. The molecule has 3 aliphatic carbocycles. The van der Waals surface area contributed by atoms with Gasteiger partial charge in [-0.2, -0.15) is 0 Å². The van der Waals surface area contributed by atoms with Gasteiger partial charge in [0.1, 0.15) is 24.1 Å². The maximum absolute atomic E-state index is 13.6. The minimum Gasteiger partial charge on any atom is -0.507 e. The van der Waals surface area contributed by atoms with Crippen molar-refractivity contribution in [3.05, 3.63) is 51.6 Å². The Morgan fingerprint density at radius 2 is 1.95 bits per heavy atom. The molecule has 1 fully saturated rings. The molecule has 0 amide bonds.